The van der Waals surface area contributed by atoms with E-state index in [9.17, 15) is 4.79 Å². The van der Waals surface area contributed by atoms with E-state index in [1.807, 2.05) is 12.1 Å². The van der Waals surface area contributed by atoms with E-state index in [1.165, 1.54) is 0 Å². The molecule has 31 heavy (non-hydrogen) atoms. The van der Waals surface area contributed by atoms with Crippen molar-refractivity contribution in [1.82, 2.24) is 10.1 Å². The molecule has 0 radical (unpaired) electrons. The van der Waals surface area contributed by atoms with Gasteiger partial charge in [0.25, 0.3) is 0 Å². The molecule has 9 heteroatoms. The Morgan fingerprint density at radius 2 is 1.71 bits per heavy atom. The van der Waals surface area contributed by atoms with E-state index in [4.69, 9.17) is 23.5 Å². The molecule has 1 fully saturated rings. The van der Waals surface area contributed by atoms with Crippen molar-refractivity contribution in [2.45, 2.75) is 12.3 Å². The third kappa shape index (κ3) is 3.86. The van der Waals surface area contributed by atoms with Crippen molar-refractivity contribution in [3.8, 4) is 34.4 Å². The highest BCUT2D eigenvalue weighted by Crippen LogP contribution is 2.37. The van der Waals surface area contributed by atoms with E-state index in [2.05, 4.69) is 10.1 Å². The molecule has 1 atom stereocenters. The Kier molecular flexibility index (Phi) is 5.66. The summed E-state index contributed by atoms with van der Waals surface area (Å²) in [6, 6.07) is 10.7. The molecular weight excluding hydrogens is 402 g/mol. The van der Waals surface area contributed by atoms with Crippen LogP contribution in [0.1, 0.15) is 18.2 Å². The average molecular weight is 425 g/mol. The average Bonchev–Trinajstić information content (AvgIpc) is 3.45. The van der Waals surface area contributed by atoms with Crippen LogP contribution < -0.4 is 23.8 Å². The van der Waals surface area contributed by atoms with E-state index >= 15 is 0 Å². The molecule has 1 aliphatic rings. The number of methoxy groups -OCH3 is 4. The number of hydrogen-bond donors (Lipinski definition) is 0. The molecule has 1 aliphatic heterocycles. The Morgan fingerprint density at radius 1 is 0.935 bits per heavy atom. The van der Waals surface area contributed by atoms with Gasteiger partial charge in [0.05, 0.1) is 39.9 Å². The Labute approximate surface area is 179 Å². The fraction of sp³-hybridized carbons (Fsp3) is 0.318. The summed E-state index contributed by atoms with van der Waals surface area (Å²) in [6.45, 7) is 0.426. The molecular formula is C22H23N3O6. The van der Waals surface area contributed by atoms with E-state index < -0.39 is 0 Å². The van der Waals surface area contributed by atoms with Crippen molar-refractivity contribution in [3.05, 3.63) is 42.3 Å². The van der Waals surface area contributed by atoms with Crippen LogP contribution in [0.2, 0.25) is 0 Å². The second-order valence-corrected chi connectivity index (χ2v) is 6.97. The summed E-state index contributed by atoms with van der Waals surface area (Å²) in [4.78, 5) is 18.9. The molecule has 1 amide bonds. The van der Waals surface area contributed by atoms with Crippen molar-refractivity contribution >= 4 is 11.6 Å². The van der Waals surface area contributed by atoms with Gasteiger partial charge in [-0.2, -0.15) is 4.98 Å². The minimum Gasteiger partial charge on any atom is -0.497 e. The normalized spacial score (nSPS) is 15.8. The molecule has 1 aromatic heterocycles. The highest BCUT2D eigenvalue weighted by atomic mass is 16.5. The Morgan fingerprint density at radius 3 is 2.42 bits per heavy atom. The lowest BCUT2D eigenvalue weighted by Crippen LogP contribution is -2.24. The summed E-state index contributed by atoms with van der Waals surface area (Å²) >= 11 is 0. The first-order valence-electron chi connectivity index (χ1n) is 9.66. The first kappa shape index (κ1) is 20.5. The number of carbonyl (C=O) groups excluding carboxylic acids is 1. The maximum Gasteiger partial charge on any atom is 0.232 e. The zero-order valence-corrected chi connectivity index (χ0v) is 17.7. The minimum atomic E-state index is -0.217. The van der Waals surface area contributed by atoms with Gasteiger partial charge in [0, 0.05) is 30.8 Å². The van der Waals surface area contributed by atoms with Crippen LogP contribution in [0.25, 0.3) is 11.4 Å². The highest BCUT2D eigenvalue weighted by Gasteiger charge is 2.35. The fourth-order valence-corrected chi connectivity index (χ4v) is 3.61. The SMILES string of the molecule is COc1ccc(-c2noc([C@@H]3CC(=O)N(c4ccc(OC)c(OC)c4)C3)n2)c(OC)c1. The van der Waals surface area contributed by atoms with Gasteiger partial charge in [-0.05, 0) is 24.3 Å². The van der Waals surface area contributed by atoms with Crippen LogP contribution in [0.4, 0.5) is 5.69 Å². The second kappa shape index (κ2) is 8.55. The van der Waals surface area contributed by atoms with Gasteiger partial charge >= 0.3 is 0 Å². The molecule has 0 spiro atoms. The minimum absolute atomic E-state index is 0.0287. The van der Waals surface area contributed by atoms with Crippen molar-refractivity contribution in [1.29, 1.82) is 0 Å². The van der Waals surface area contributed by atoms with Crippen molar-refractivity contribution < 1.29 is 28.3 Å². The number of ether oxygens (including phenoxy) is 4. The summed E-state index contributed by atoms with van der Waals surface area (Å²) < 4.78 is 26.8. The lowest BCUT2D eigenvalue weighted by Gasteiger charge is -2.18. The van der Waals surface area contributed by atoms with Gasteiger partial charge in [-0.3, -0.25) is 4.79 Å². The van der Waals surface area contributed by atoms with Crippen LogP contribution in [0.5, 0.6) is 23.0 Å². The molecule has 4 rings (SSSR count). The summed E-state index contributed by atoms with van der Waals surface area (Å²) in [7, 11) is 6.28. The van der Waals surface area contributed by atoms with Gasteiger partial charge < -0.3 is 28.4 Å². The third-order valence-electron chi connectivity index (χ3n) is 5.24. The third-order valence-corrected chi connectivity index (χ3v) is 5.24. The largest absolute Gasteiger partial charge is 0.497 e. The van der Waals surface area contributed by atoms with E-state index in [0.717, 1.165) is 5.69 Å². The van der Waals surface area contributed by atoms with Gasteiger partial charge in [0.2, 0.25) is 17.6 Å². The number of rotatable bonds is 7. The molecule has 162 valence electrons. The molecule has 0 aliphatic carbocycles. The maximum absolute atomic E-state index is 12.7. The fourth-order valence-electron chi connectivity index (χ4n) is 3.61. The number of carbonyl (C=O) groups is 1. The zero-order chi connectivity index (χ0) is 22.0. The molecule has 2 heterocycles. The Balaban J connectivity index is 1.56. The number of hydrogen-bond acceptors (Lipinski definition) is 8. The molecule has 9 nitrogen and oxygen atoms in total. The first-order chi connectivity index (χ1) is 15.1. The molecule has 0 bridgehead atoms. The molecule has 0 N–H and O–H groups in total. The number of nitrogens with zero attached hydrogens (tertiary/aromatic N) is 3. The monoisotopic (exact) mass is 425 g/mol. The zero-order valence-electron chi connectivity index (χ0n) is 17.7. The van der Waals surface area contributed by atoms with Crippen molar-refractivity contribution in [2.24, 2.45) is 0 Å². The lowest BCUT2D eigenvalue weighted by atomic mass is 10.1. The van der Waals surface area contributed by atoms with Crippen LogP contribution in [0, 0.1) is 0 Å². The summed E-state index contributed by atoms with van der Waals surface area (Å²) in [5.41, 5.74) is 1.40. The first-order valence-corrected chi connectivity index (χ1v) is 9.66. The topological polar surface area (TPSA) is 96.2 Å². The summed E-state index contributed by atoms with van der Waals surface area (Å²) in [5, 5.41) is 4.09. The number of anilines is 1. The quantitative estimate of drug-likeness (QED) is 0.569. The van der Waals surface area contributed by atoms with Crippen LogP contribution >= 0.6 is 0 Å². The second-order valence-electron chi connectivity index (χ2n) is 6.97. The van der Waals surface area contributed by atoms with Crippen LogP contribution in [-0.2, 0) is 4.79 Å². The van der Waals surface area contributed by atoms with Crippen molar-refractivity contribution in [3.63, 3.8) is 0 Å². The van der Waals surface area contributed by atoms with Crippen molar-refractivity contribution in [2.75, 3.05) is 39.9 Å². The lowest BCUT2D eigenvalue weighted by molar-refractivity contribution is -0.117. The number of benzene rings is 2. The Bertz CT molecular complexity index is 1100. The van der Waals surface area contributed by atoms with Gasteiger partial charge in [0.1, 0.15) is 11.5 Å². The van der Waals surface area contributed by atoms with Crippen LogP contribution in [-0.4, -0.2) is 51.0 Å². The van der Waals surface area contributed by atoms with E-state index in [0.29, 0.717) is 46.8 Å². The van der Waals surface area contributed by atoms with Crippen LogP contribution in [0.15, 0.2) is 40.9 Å². The number of aromatic nitrogens is 2. The number of amides is 1. The molecule has 0 saturated carbocycles. The van der Waals surface area contributed by atoms with E-state index in [-0.39, 0.29) is 18.2 Å². The molecule has 3 aromatic rings. The van der Waals surface area contributed by atoms with E-state index in [1.54, 1.807) is 57.6 Å². The summed E-state index contributed by atoms with van der Waals surface area (Å²) in [5.74, 6) is 2.95. The van der Waals surface area contributed by atoms with Gasteiger partial charge in [-0.1, -0.05) is 5.16 Å². The van der Waals surface area contributed by atoms with Gasteiger partial charge in [-0.25, -0.2) is 0 Å². The molecule has 2 aromatic carbocycles. The predicted octanol–water partition coefficient (Wildman–Crippen LogP) is 3.29. The van der Waals surface area contributed by atoms with Crippen LogP contribution in [0.3, 0.4) is 0 Å². The molecule has 0 unspecified atom stereocenters. The smallest absolute Gasteiger partial charge is 0.232 e. The summed E-state index contributed by atoms with van der Waals surface area (Å²) in [6.07, 6.45) is 0.274. The maximum atomic E-state index is 12.7. The highest BCUT2D eigenvalue weighted by molar-refractivity contribution is 5.96. The molecule has 1 saturated heterocycles. The van der Waals surface area contributed by atoms with Gasteiger partial charge in [0.15, 0.2) is 11.5 Å². The predicted molar refractivity (Wildman–Crippen MR) is 112 cm³/mol. The Hall–Kier alpha value is -3.75. The standard InChI is InChI=1S/C22H23N3O6/c1-27-15-6-7-16(18(11-15)29-3)21-23-22(31-24-21)13-9-20(26)25(12-13)14-5-8-17(28-2)19(10-14)30-4/h5-8,10-11,13H,9,12H2,1-4H3/t13-/m1/s1. The van der Waals surface area contributed by atoms with Gasteiger partial charge in [-0.15, -0.1) is 0 Å².